The van der Waals surface area contributed by atoms with Gasteiger partial charge >= 0.3 is 0 Å². The highest BCUT2D eigenvalue weighted by molar-refractivity contribution is 9.10. The topological polar surface area (TPSA) is 9.23 Å². The quantitative estimate of drug-likeness (QED) is 0.732. The van der Waals surface area contributed by atoms with Crippen LogP contribution in [0.5, 0.6) is 5.75 Å². The first-order chi connectivity index (χ1) is 5.34. The van der Waals surface area contributed by atoms with Crippen molar-refractivity contribution in [2.24, 2.45) is 0 Å². The molecule has 2 rings (SSSR count). The van der Waals surface area contributed by atoms with E-state index in [9.17, 15) is 0 Å². The van der Waals surface area contributed by atoms with Gasteiger partial charge in [0.05, 0.1) is 6.10 Å². The van der Waals surface area contributed by atoms with Crippen LogP contribution in [0.25, 0.3) is 0 Å². The molecule has 1 aliphatic carbocycles. The molecule has 0 bridgehead atoms. The number of benzene rings is 1. The average Bonchev–Trinajstić information content (AvgIpc) is 2.71. The van der Waals surface area contributed by atoms with E-state index in [1.807, 2.05) is 18.2 Å². The molecule has 11 heavy (non-hydrogen) atoms. The smallest absolute Gasteiger partial charge is 0.128 e. The van der Waals surface area contributed by atoms with Gasteiger partial charge in [0.1, 0.15) is 5.75 Å². The van der Waals surface area contributed by atoms with Crippen molar-refractivity contribution in [2.75, 3.05) is 0 Å². The number of hydrogen-bond acceptors (Lipinski definition) is 1. The minimum atomic E-state index is 0.459. The zero-order valence-corrected chi connectivity index (χ0v) is 7.60. The molecule has 1 saturated carbocycles. The van der Waals surface area contributed by atoms with Crippen molar-refractivity contribution in [1.29, 1.82) is 0 Å². The first-order valence-electron chi connectivity index (χ1n) is 3.68. The minimum absolute atomic E-state index is 0.459. The summed E-state index contributed by atoms with van der Waals surface area (Å²) in [6.45, 7) is 0. The van der Waals surface area contributed by atoms with E-state index in [1.165, 1.54) is 12.8 Å². The van der Waals surface area contributed by atoms with Gasteiger partial charge in [-0.25, -0.2) is 0 Å². The van der Waals surface area contributed by atoms with Crippen molar-refractivity contribution in [1.82, 2.24) is 0 Å². The van der Waals surface area contributed by atoms with E-state index in [0.29, 0.717) is 6.10 Å². The lowest BCUT2D eigenvalue weighted by atomic mass is 10.3. The Balaban J connectivity index is 2.10. The summed E-state index contributed by atoms with van der Waals surface area (Å²) in [5.74, 6) is 0.849. The predicted molar refractivity (Wildman–Crippen MR) is 46.6 cm³/mol. The SMILES string of the molecule is Brc1cc[c]c(OC2CC2)c1. The molecule has 0 aromatic heterocycles. The molecule has 0 saturated heterocycles. The second-order valence-electron chi connectivity index (χ2n) is 2.69. The lowest BCUT2D eigenvalue weighted by molar-refractivity contribution is 0.302. The summed E-state index contributed by atoms with van der Waals surface area (Å²) in [4.78, 5) is 0. The summed E-state index contributed by atoms with van der Waals surface area (Å²) in [6, 6.07) is 8.78. The van der Waals surface area contributed by atoms with Crippen LogP contribution in [-0.4, -0.2) is 6.10 Å². The molecule has 1 fully saturated rings. The maximum atomic E-state index is 5.52. The number of ether oxygens (including phenoxy) is 1. The fourth-order valence-electron chi connectivity index (χ4n) is 0.852. The maximum absolute atomic E-state index is 5.52. The Hall–Kier alpha value is -0.500. The van der Waals surface area contributed by atoms with Gasteiger partial charge in [0.2, 0.25) is 0 Å². The van der Waals surface area contributed by atoms with E-state index in [-0.39, 0.29) is 0 Å². The molecule has 57 valence electrons. The third-order valence-electron chi connectivity index (χ3n) is 1.56. The zero-order chi connectivity index (χ0) is 7.68. The van der Waals surface area contributed by atoms with Crippen molar-refractivity contribution < 1.29 is 4.74 Å². The van der Waals surface area contributed by atoms with Gasteiger partial charge in [-0.1, -0.05) is 15.9 Å². The minimum Gasteiger partial charge on any atom is -0.490 e. The van der Waals surface area contributed by atoms with E-state index < -0.39 is 0 Å². The lowest BCUT2D eigenvalue weighted by Gasteiger charge is -2.02. The molecule has 0 N–H and O–H groups in total. The molecule has 0 heterocycles. The van der Waals surface area contributed by atoms with Crippen LogP contribution in [0.1, 0.15) is 12.8 Å². The van der Waals surface area contributed by atoms with Gasteiger partial charge in [0.15, 0.2) is 0 Å². The van der Waals surface area contributed by atoms with Crippen LogP contribution < -0.4 is 4.74 Å². The molecule has 0 atom stereocenters. The van der Waals surface area contributed by atoms with Crippen molar-refractivity contribution in [3.8, 4) is 5.75 Å². The first-order valence-corrected chi connectivity index (χ1v) is 4.48. The summed E-state index contributed by atoms with van der Waals surface area (Å²) >= 11 is 3.37. The molecule has 1 aliphatic rings. The summed E-state index contributed by atoms with van der Waals surface area (Å²) in [7, 11) is 0. The van der Waals surface area contributed by atoms with E-state index >= 15 is 0 Å². The molecule has 0 unspecified atom stereocenters. The van der Waals surface area contributed by atoms with Crippen molar-refractivity contribution >= 4 is 15.9 Å². The van der Waals surface area contributed by atoms with Crippen LogP contribution in [0.4, 0.5) is 0 Å². The summed E-state index contributed by atoms with van der Waals surface area (Å²) in [5.41, 5.74) is 0. The van der Waals surface area contributed by atoms with Gasteiger partial charge in [-0.05, 0) is 31.0 Å². The number of halogens is 1. The largest absolute Gasteiger partial charge is 0.490 e. The Bertz CT molecular complexity index is 255. The van der Waals surface area contributed by atoms with E-state index in [0.717, 1.165) is 10.2 Å². The van der Waals surface area contributed by atoms with E-state index in [2.05, 4.69) is 22.0 Å². The second kappa shape index (κ2) is 2.86. The fraction of sp³-hybridized carbons (Fsp3) is 0.333. The Morgan fingerprint density at radius 2 is 2.36 bits per heavy atom. The molecule has 1 aromatic carbocycles. The molecular formula is C9H8BrO. The molecule has 2 heteroatoms. The van der Waals surface area contributed by atoms with Gasteiger partial charge in [-0.2, -0.15) is 0 Å². The summed E-state index contributed by atoms with van der Waals surface area (Å²) in [6.07, 6.45) is 2.85. The van der Waals surface area contributed by atoms with Crippen LogP contribution in [0.2, 0.25) is 0 Å². The van der Waals surface area contributed by atoms with Gasteiger partial charge in [-0.3, -0.25) is 0 Å². The Morgan fingerprint density at radius 1 is 1.55 bits per heavy atom. The monoisotopic (exact) mass is 211 g/mol. The zero-order valence-electron chi connectivity index (χ0n) is 6.01. The molecule has 1 nitrogen and oxygen atoms in total. The van der Waals surface area contributed by atoms with Gasteiger partial charge in [0.25, 0.3) is 0 Å². The van der Waals surface area contributed by atoms with Crippen molar-refractivity contribution in [3.63, 3.8) is 0 Å². The second-order valence-corrected chi connectivity index (χ2v) is 3.60. The van der Waals surface area contributed by atoms with Crippen LogP contribution in [0.15, 0.2) is 22.7 Å². The van der Waals surface area contributed by atoms with E-state index in [4.69, 9.17) is 4.74 Å². The maximum Gasteiger partial charge on any atom is 0.128 e. The highest BCUT2D eigenvalue weighted by Crippen LogP contribution is 2.27. The normalized spacial score (nSPS) is 16.5. The molecule has 1 aromatic rings. The molecular weight excluding hydrogens is 204 g/mol. The lowest BCUT2D eigenvalue weighted by Crippen LogP contribution is -1.95. The predicted octanol–water partition coefficient (Wildman–Crippen LogP) is 2.79. The van der Waals surface area contributed by atoms with Crippen LogP contribution in [0, 0.1) is 6.07 Å². The number of rotatable bonds is 2. The summed E-state index contributed by atoms with van der Waals surface area (Å²) in [5, 5.41) is 0. The van der Waals surface area contributed by atoms with Crippen LogP contribution >= 0.6 is 15.9 Å². The molecule has 0 spiro atoms. The Labute approximate surface area is 74.5 Å². The fourth-order valence-corrected chi connectivity index (χ4v) is 1.19. The van der Waals surface area contributed by atoms with Crippen molar-refractivity contribution in [2.45, 2.75) is 18.9 Å². The highest BCUT2D eigenvalue weighted by Gasteiger charge is 2.23. The van der Waals surface area contributed by atoms with Gasteiger partial charge in [0, 0.05) is 10.5 Å². The Morgan fingerprint density at radius 3 is 3.00 bits per heavy atom. The van der Waals surface area contributed by atoms with Crippen LogP contribution in [-0.2, 0) is 0 Å². The third-order valence-corrected chi connectivity index (χ3v) is 2.05. The van der Waals surface area contributed by atoms with E-state index in [1.54, 1.807) is 0 Å². The van der Waals surface area contributed by atoms with Gasteiger partial charge in [-0.15, -0.1) is 0 Å². The third kappa shape index (κ3) is 1.96. The van der Waals surface area contributed by atoms with Crippen molar-refractivity contribution in [3.05, 3.63) is 28.7 Å². The average molecular weight is 212 g/mol. The van der Waals surface area contributed by atoms with Crippen LogP contribution in [0.3, 0.4) is 0 Å². The standard InChI is InChI=1S/C9H8BrO/c10-7-2-1-3-9(6-7)11-8-4-5-8/h1-2,6,8H,4-5H2. The first kappa shape index (κ1) is 7.17. The molecule has 0 aliphatic heterocycles. The molecule has 0 amide bonds. The number of hydrogen-bond donors (Lipinski definition) is 0. The van der Waals surface area contributed by atoms with Gasteiger partial charge < -0.3 is 4.74 Å². The Kier molecular flexibility index (Phi) is 1.86. The highest BCUT2D eigenvalue weighted by atomic mass is 79.9. The summed E-state index contributed by atoms with van der Waals surface area (Å²) < 4.78 is 6.57. The molecule has 1 radical (unpaired) electrons.